The van der Waals surface area contributed by atoms with Gasteiger partial charge in [-0.05, 0) is 49.1 Å². The van der Waals surface area contributed by atoms with Crippen molar-refractivity contribution in [1.29, 1.82) is 0 Å². The van der Waals surface area contributed by atoms with E-state index in [1.165, 1.54) is 0 Å². The Morgan fingerprint density at radius 3 is 2.80 bits per heavy atom. The summed E-state index contributed by atoms with van der Waals surface area (Å²) in [6.07, 6.45) is 5.26. The topological polar surface area (TPSA) is 80.4 Å². The number of pyridine rings is 1. The van der Waals surface area contributed by atoms with Gasteiger partial charge in [0, 0.05) is 30.3 Å². The number of aromatic nitrogens is 1. The molecule has 0 saturated heterocycles. The van der Waals surface area contributed by atoms with Gasteiger partial charge in [-0.3, -0.25) is 14.8 Å². The van der Waals surface area contributed by atoms with Crippen LogP contribution in [0.2, 0.25) is 0 Å². The molecule has 3 N–H and O–H groups in total. The van der Waals surface area contributed by atoms with Crippen molar-refractivity contribution in [3.63, 3.8) is 0 Å². The highest BCUT2D eigenvalue weighted by molar-refractivity contribution is 8.13. The number of nitrogens with two attached hydrogens (primary N) is 1. The fraction of sp³-hybridized carbons (Fsp3) is 0.316. The normalized spacial score (nSPS) is 20.0. The summed E-state index contributed by atoms with van der Waals surface area (Å²) in [4.78, 5) is 20.9. The third-order valence-electron chi connectivity index (χ3n) is 4.39. The lowest BCUT2D eigenvalue weighted by Crippen LogP contribution is -2.29. The summed E-state index contributed by atoms with van der Waals surface area (Å²) in [7, 11) is 0. The van der Waals surface area contributed by atoms with Gasteiger partial charge in [0.2, 0.25) is 0 Å². The third kappa shape index (κ3) is 4.39. The number of carbonyl (C=O) groups is 1. The molecule has 2 aromatic rings. The minimum absolute atomic E-state index is 0.0668. The lowest BCUT2D eigenvalue weighted by atomic mass is 9.89. The molecule has 0 radical (unpaired) electrons. The molecule has 1 aromatic carbocycles. The maximum atomic E-state index is 12.3. The van der Waals surface area contributed by atoms with Crippen molar-refractivity contribution in [2.75, 3.05) is 12.3 Å². The van der Waals surface area contributed by atoms with Gasteiger partial charge in [0.1, 0.15) is 0 Å². The molecule has 0 bridgehead atoms. The van der Waals surface area contributed by atoms with Crippen LogP contribution in [0.3, 0.4) is 0 Å². The number of amidine groups is 1. The smallest absolute Gasteiger partial charge is 0.251 e. The van der Waals surface area contributed by atoms with E-state index in [0.717, 1.165) is 29.7 Å². The first-order valence-electron chi connectivity index (χ1n) is 8.33. The lowest BCUT2D eigenvalue weighted by molar-refractivity contribution is 0.0954. The highest BCUT2D eigenvalue weighted by atomic mass is 32.2. The molecule has 0 fully saturated rings. The van der Waals surface area contributed by atoms with Crippen molar-refractivity contribution >= 4 is 22.8 Å². The maximum absolute atomic E-state index is 12.3. The maximum Gasteiger partial charge on any atom is 0.251 e. The van der Waals surface area contributed by atoms with Crippen LogP contribution in [0.4, 0.5) is 0 Å². The number of aliphatic imine (C=N–C) groups is 1. The van der Waals surface area contributed by atoms with Crippen molar-refractivity contribution in [3.05, 3.63) is 65.5 Å². The molecular weight excluding hydrogens is 332 g/mol. The Kier molecular flexibility index (Phi) is 5.38. The van der Waals surface area contributed by atoms with Crippen LogP contribution >= 0.6 is 11.8 Å². The molecule has 3 rings (SSSR count). The Hall–Kier alpha value is -2.34. The molecule has 1 aromatic heterocycles. The first kappa shape index (κ1) is 17.5. The number of nitrogens with one attached hydrogen (secondary N) is 1. The summed E-state index contributed by atoms with van der Waals surface area (Å²) < 4.78 is 0. The quantitative estimate of drug-likeness (QED) is 0.865. The molecule has 1 amide bonds. The van der Waals surface area contributed by atoms with Gasteiger partial charge in [0.05, 0.1) is 5.54 Å². The number of hydrogen-bond donors (Lipinski definition) is 2. The molecular formula is C19H22N4OS. The Balaban J connectivity index is 1.60. The highest BCUT2D eigenvalue weighted by Gasteiger charge is 2.29. The summed E-state index contributed by atoms with van der Waals surface area (Å²) in [6.45, 7) is 2.67. The Morgan fingerprint density at radius 2 is 2.12 bits per heavy atom. The van der Waals surface area contributed by atoms with Crippen LogP contribution in [-0.2, 0) is 12.0 Å². The average molecular weight is 354 g/mol. The Labute approximate surface area is 152 Å². The zero-order valence-corrected chi connectivity index (χ0v) is 15.1. The predicted octanol–water partition coefficient (Wildman–Crippen LogP) is 2.72. The van der Waals surface area contributed by atoms with Gasteiger partial charge in [-0.1, -0.05) is 30.0 Å². The van der Waals surface area contributed by atoms with Gasteiger partial charge in [0.15, 0.2) is 5.17 Å². The molecule has 2 heterocycles. The Morgan fingerprint density at radius 1 is 1.32 bits per heavy atom. The summed E-state index contributed by atoms with van der Waals surface area (Å²) in [5.41, 5.74) is 8.42. The molecule has 0 saturated carbocycles. The van der Waals surface area contributed by atoms with Crippen LogP contribution in [0, 0.1) is 0 Å². The van der Waals surface area contributed by atoms with Crippen molar-refractivity contribution in [3.8, 4) is 0 Å². The van der Waals surface area contributed by atoms with E-state index < -0.39 is 0 Å². The number of thioether (sulfide) groups is 1. The van der Waals surface area contributed by atoms with Crippen LogP contribution in [0.1, 0.15) is 34.8 Å². The molecule has 6 heteroatoms. The number of hydrogen-bond acceptors (Lipinski definition) is 5. The summed E-state index contributed by atoms with van der Waals surface area (Å²) >= 11 is 1.59. The Bertz CT molecular complexity index is 761. The molecule has 5 nitrogen and oxygen atoms in total. The molecule has 1 aliphatic heterocycles. The molecule has 130 valence electrons. The van der Waals surface area contributed by atoms with Crippen LogP contribution in [-0.4, -0.2) is 28.4 Å². The molecule has 1 atom stereocenters. The van der Waals surface area contributed by atoms with Crippen LogP contribution < -0.4 is 11.1 Å². The van der Waals surface area contributed by atoms with Crippen LogP contribution in [0.5, 0.6) is 0 Å². The molecule has 0 spiro atoms. The zero-order valence-electron chi connectivity index (χ0n) is 14.2. The lowest BCUT2D eigenvalue weighted by Gasteiger charge is -2.29. The molecule has 1 aliphatic rings. The third-order valence-corrected chi connectivity index (χ3v) is 5.18. The number of rotatable bonds is 5. The van der Waals surface area contributed by atoms with Crippen molar-refractivity contribution < 1.29 is 4.79 Å². The first-order valence-corrected chi connectivity index (χ1v) is 9.31. The van der Waals surface area contributed by atoms with Crippen LogP contribution in [0.15, 0.2) is 53.8 Å². The summed E-state index contributed by atoms with van der Waals surface area (Å²) in [6, 6.07) is 11.6. The van der Waals surface area contributed by atoms with Gasteiger partial charge in [0.25, 0.3) is 5.91 Å². The fourth-order valence-corrected chi connectivity index (χ4v) is 3.82. The SMILES string of the molecule is CC1(c2ccc(C(=O)NCCc3cccnc3)cc2)CCSC(N)=N1. The van der Waals surface area contributed by atoms with E-state index in [1.54, 1.807) is 18.0 Å². The number of nitrogens with zero attached hydrogens (tertiary/aromatic N) is 2. The number of benzene rings is 1. The van der Waals surface area contributed by atoms with Crippen molar-refractivity contribution in [2.24, 2.45) is 10.7 Å². The second-order valence-corrected chi connectivity index (χ2v) is 7.38. The number of carbonyl (C=O) groups excluding carboxylic acids is 1. The van der Waals surface area contributed by atoms with E-state index >= 15 is 0 Å². The minimum Gasteiger partial charge on any atom is -0.379 e. The van der Waals surface area contributed by atoms with Gasteiger partial charge in [-0.25, -0.2) is 0 Å². The minimum atomic E-state index is -0.301. The number of amides is 1. The second kappa shape index (κ2) is 7.70. The standard InChI is InChI=1S/C19H22N4OS/c1-19(9-12-25-18(20)23-19)16-6-4-15(5-7-16)17(24)22-11-8-14-3-2-10-21-13-14/h2-7,10,13H,8-9,11-12H2,1H3,(H2,20,23)(H,22,24). The second-order valence-electron chi connectivity index (χ2n) is 6.27. The molecule has 1 unspecified atom stereocenters. The molecule has 25 heavy (non-hydrogen) atoms. The average Bonchev–Trinajstić information content (AvgIpc) is 2.62. The summed E-state index contributed by atoms with van der Waals surface area (Å²) in [5.74, 6) is 0.894. The largest absolute Gasteiger partial charge is 0.379 e. The fourth-order valence-electron chi connectivity index (χ4n) is 2.84. The van der Waals surface area contributed by atoms with E-state index in [9.17, 15) is 4.79 Å². The first-order chi connectivity index (χ1) is 12.1. The van der Waals surface area contributed by atoms with Crippen LogP contribution in [0.25, 0.3) is 0 Å². The van der Waals surface area contributed by atoms with E-state index in [2.05, 4.69) is 22.2 Å². The van der Waals surface area contributed by atoms with Gasteiger partial charge in [-0.15, -0.1) is 0 Å². The van der Waals surface area contributed by atoms with E-state index in [0.29, 0.717) is 17.3 Å². The molecule has 0 aliphatic carbocycles. The van der Waals surface area contributed by atoms with Crippen molar-refractivity contribution in [2.45, 2.75) is 25.3 Å². The zero-order chi connectivity index (χ0) is 17.7. The van der Waals surface area contributed by atoms with E-state index in [4.69, 9.17) is 5.73 Å². The van der Waals surface area contributed by atoms with E-state index in [-0.39, 0.29) is 11.4 Å². The predicted molar refractivity (Wildman–Crippen MR) is 103 cm³/mol. The van der Waals surface area contributed by atoms with Gasteiger partial charge in [-0.2, -0.15) is 0 Å². The van der Waals surface area contributed by atoms with E-state index in [1.807, 2.05) is 42.6 Å². The monoisotopic (exact) mass is 354 g/mol. The highest BCUT2D eigenvalue weighted by Crippen LogP contribution is 2.34. The summed E-state index contributed by atoms with van der Waals surface area (Å²) in [5, 5.41) is 3.58. The van der Waals surface area contributed by atoms with Gasteiger partial charge < -0.3 is 11.1 Å². The van der Waals surface area contributed by atoms with Gasteiger partial charge >= 0.3 is 0 Å². The van der Waals surface area contributed by atoms with Crippen molar-refractivity contribution in [1.82, 2.24) is 10.3 Å².